The maximum absolute atomic E-state index is 12.8. The van der Waals surface area contributed by atoms with Crippen molar-refractivity contribution in [2.24, 2.45) is 5.92 Å². The van der Waals surface area contributed by atoms with E-state index < -0.39 is 0 Å². The molecule has 0 saturated carbocycles. The second-order valence-corrected chi connectivity index (χ2v) is 7.68. The van der Waals surface area contributed by atoms with Crippen LogP contribution in [-0.2, 0) is 12.8 Å². The van der Waals surface area contributed by atoms with E-state index in [0.29, 0.717) is 17.7 Å². The summed E-state index contributed by atoms with van der Waals surface area (Å²) >= 11 is 0. The fourth-order valence-corrected chi connectivity index (χ4v) is 4.02. The normalized spacial score (nSPS) is 12.5. The zero-order chi connectivity index (χ0) is 22.1. The van der Waals surface area contributed by atoms with E-state index in [2.05, 4.69) is 48.5 Å². The second-order valence-electron chi connectivity index (χ2n) is 7.68. The highest BCUT2D eigenvalue weighted by atomic mass is 16.2. The monoisotopic (exact) mass is 413 g/mol. The maximum atomic E-state index is 12.8. The molecule has 3 heteroatoms. The zero-order valence-corrected chi connectivity index (χ0v) is 18.5. The minimum atomic E-state index is -0.157. The van der Waals surface area contributed by atoms with Gasteiger partial charge in [-0.2, -0.15) is 0 Å². The van der Waals surface area contributed by atoms with Crippen LogP contribution in [0, 0.1) is 5.92 Å². The Morgan fingerprint density at radius 3 is 1.42 bits per heavy atom. The van der Waals surface area contributed by atoms with Gasteiger partial charge in [-0.3, -0.25) is 14.5 Å². The van der Waals surface area contributed by atoms with Gasteiger partial charge in [0.1, 0.15) is 0 Å². The number of carbonyl (C=O) groups excluding carboxylic acids is 2. The number of imide groups is 1. The van der Waals surface area contributed by atoms with Crippen LogP contribution in [0.3, 0.4) is 0 Å². The van der Waals surface area contributed by atoms with E-state index in [1.54, 1.807) is 12.1 Å². The summed E-state index contributed by atoms with van der Waals surface area (Å²) in [5.74, 6) is -0.0531. The van der Waals surface area contributed by atoms with Gasteiger partial charge in [-0.05, 0) is 54.9 Å². The number of rotatable bonds is 8. The molecular weight excluding hydrogens is 382 g/mol. The largest absolute Gasteiger partial charge is 0.274 e. The molecule has 160 valence electrons. The summed E-state index contributed by atoms with van der Waals surface area (Å²) in [4.78, 5) is 27.0. The standard InChI is InChI=1S/C26H25NO2.C2H6/c28-25-23-13-7-8-14-24(23)26(29)27(25)19-22(17-15-20-9-3-1-4-10-20)18-16-21-11-5-2-6-12-21;1-2/h1-14,22H,15-19H2;1-2H3. The number of nitrogens with zero attached hydrogens (tertiary/aromatic N) is 1. The predicted octanol–water partition coefficient (Wildman–Crippen LogP) is 6.19. The van der Waals surface area contributed by atoms with Crippen LogP contribution >= 0.6 is 0 Å². The Labute approximate surface area is 185 Å². The molecule has 0 unspecified atom stereocenters. The number of benzene rings is 3. The van der Waals surface area contributed by atoms with Crippen LogP contribution in [0.25, 0.3) is 0 Å². The van der Waals surface area contributed by atoms with Gasteiger partial charge in [0.25, 0.3) is 11.8 Å². The Morgan fingerprint density at radius 1 is 0.613 bits per heavy atom. The van der Waals surface area contributed by atoms with Gasteiger partial charge >= 0.3 is 0 Å². The van der Waals surface area contributed by atoms with Gasteiger partial charge in [-0.1, -0.05) is 86.6 Å². The molecule has 0 atom stereocenters. The lowest BCUT2D eigenvalue weighted by molar-refractivity contribution is 0.0623. The van der Waals surface area contributed by atoms with E-state index >= 15 is 0 Å². The Hall–Kier alpha value is -3.20. The first-order chi connectivity index (χ1) is 15.2. The lowest BCUT2D eigenvalue weighted by atomic mass is 9.92. The molecule has 0 aromatic heterocycles. The first-order valence-electron chi connectivity index (χ1n) is 11.3. The highest BCUT2D eigenvalue weighted by molar-refractivity contribution is 6.21. The number of hydrogen-bond donors (Lipinski definition) is 0. The van der Waals surface area contributed by atoms with E-state index in [4.69, 9.17) is 0 Å². The van der Waals surface area contributed by atoms with Crippen molar-refractivity contribution in [2.45, 2.75) is 39.5 Å². The maximum Gasteiger partial charge on any atom is 0.261 e. The van der Waals surface area contributed by atoms with Crippen molar-refractivity contribution >= 4 is 11.8 Å². The van der Waals surface area contributed by atoms with Gasteiger partial charge in [0.15, 0.2) is 0 Å². The van der Waals surface area contributed by atoms with Crippen molar-refractivity contribution < 1.29 is 9.59 Å². The SMILES string of the molecule is CC.O=C1c2ccccc2C(=O)N1CC(CCc1ccccc1)CCc1ccccc1. The van der Waals surface area contributed by atoms with Crippen LogP contribution in [0.4, 0.5) is 0 Å². The molecule has 2 amide bonds. The van der Waals surface area contributed by atoms with E-state index in [1.807, 2.05) is 38.1 Å². The molecule has 31 heavy (non-hydrogen) atoms. The summed E-state index contributed by atoms with van der Waals surface area (Å²) < 4.78 is 0. The van der Waals surface area contributed by atoms with Crippen LogP contribution in [0.1, 0.15) is 58.5 Å². The first-order valence-corrected chi connectivity index (χ1v) is 11.3. The van der Waals surface area contributed by atoms with Crippen LogP contribution < -0.4 is 0 Å². The molecule has 4 rings (SSSR count). The Balaban J connectivity index is 0.00000132. The molecule has 3 aromatic carbocycles. The first kappa shape index (κ1) is 22.5. The number of aryl methyl sites for hydroxylation is 2. The van der Waals surface area contributed by atoms with Crippen molar-refractivity contribution in [1.29, 1.82) is 0 Å². The third-order valence-electron chi connectivity index (χ3n) is 5.69. The fraction of sp³-hybridized carbons (Fsp3) is 0.286. The van der Waals surface area contributed by atoms with Crippen molar-refractivity contribution in [2.75, 3.05) is 6.54 Å². The minimum Gasteiger partial charge on any atom is -0.274 e. The van der Waals surface area contributed by atoms with Crippen LogP contribution in [0.2, 0.25) is 0 Å². The van der Waals surface area contributed by atoms with Crippen molar-refractivity contribution in [1.82, 2.24) is 4.90 Å². The number of hydrogen-bond acceptors (Lipinski definition) is 2. The number of fused-ring (bicyclic) bond motifs is 1. The predicted molar refractivity (Wildman–Crippen MR) is 126 cm³/mol. The molecule has 0 fully saturated rings. The quantitative estimate of drug-likeness (QED) is 0.413. The highest BCUT2D eigenvalue weighted by Gasteiger charge is 2.36. The summed E-state index contributed by atoms with van der Waals surface area (Å²) in [6.07, 6.45) is 3.79. The van der Waals surface area contributed by atoms with Gasteiger partial charge in [-0.15, -0.1) is 0 Å². The molecule has 0 N–H and O–H groups in total. The van der Waals surface area contributed by atoms with E-state index in [1.165, 1.54) is 16.0 Å². The Kier molecular flexibility index (Phi) is 8.17. The van der Waals surface area contributed by atoms with Crippen LogP contribution in [-0.4, -0.2) is 23.3 Å². The van der Waals surface area contributed by atoms with Gasteiger partial charge < -0.3 is 0 Å². The summed E-state index contributed by atoms with van der Waals surface area (Å²) in [5.41, 5.74) is 3.64. The summed E-state index contributed by atoms with van der Waals surface area (Å²) in [6, 6.07) is 27.9. The fourth-order valence-electron chi connectivity index (χ4n) is 4.02. The molecule has 0 aliphatic carbocycles. The van der Waals surface area contributed by atoms with E-state index in [9.17, 15) is 9.59 Å². The smallest absolute Gasteiger partial charge is 0.261 e. The lowest BCUT2D eigenvalue weighted by Crippen LogP contribution is -2.35. The molecule has 1 aliphatic heterocycles. The molecule has 3 nitrogen and oxygen atoms in total. The van der Waals surface area contributed by atoms with Gasteiger partial charge in [0.2, 0.25) is 0 Å². The third kappa shape index (κ3) is 5.69. The lowest BCUT2D eigenvalue weighted by Gasteiger charge is -2.23. The topological polar surface area (TPSA) is 37.4 Å². The van der Waals surface area contributed by atoms with E-state index in [0.717, 1.165) is 25.7 Å². The van der Waals surface area contributed by atoms with Crippen LogP contribution in [0.15, 0.2) is 84.9 Å². The average molecular weight is 414 g/mol. The van der Waals surface area contributed by atoms with Gasteiger partial charge in [0.05, 0.1) is 11.1 Å². The van der Waals surface area contributed by atoms with Gasteiger partial charge in [-0.25, -0.2) is 0 Å². The van der Waals surface area contributed by atoms with Crippen molar-refractivity contribution in [3.8, 4) is 0 Å². The summed E-state index contributed by atoms with van der Waals surface area (Å²) in [6.45, 7) is 4.48. The van der Waals surface area contributed by atoms with Crippen LogP contribution in [0.5, 0.6) is 0 Å². The summed E-state index contributed by atoms with van der Waals surface area (Å²) in [5, 5.41) is 0. The molecule has 0 bridgehead atoms. The zero-order valence-electron chi connectivity index (χ0n) is 18.5. The number of carbonyl (C=O) groups is 2. The molecule has 1 heterocycles. The molecule has 0 radical (unpaired) electrons. The highest BCUT2D eigenvalue weighted by Crippen LogP contribution is 2.26. The Bertz CT molecular complexity index is 904. The molecule has 3 aromatic rings. The Morgan fingerprint density at radius 2 is 1.00 bits per heavy atom. The molecular formula is C28H31NO2. The number of amides is 2. The average Bonchev–Trinajstić information content (AvgIpc) is 3.08. The minimum absolute atomic E-state index is 0.157. The molecule has 0 spiro atoms. The van der Waals surface area contributed by atoms with E-state index in [-0.39, 0.29) is 17.7 Å². The van der Waals surface area contributed by atoms with Crippen molar-refractivity contribution in [3.05, 3.63) is 107 Å². The molecule has 1 aliphatic rings. The second kappa shape index (κ2) is 11.3. The van der Waals surface area contributed by atoms with Gasteiger partial charge in [0, 0.05) is 6.54 Å². The third-order valence-corrected chi connectivity index (χ3v) is 5.69. The molecule has 0 saturated heterocycles. The van der Waals surface area contributed by atoms with Crippen molar-refractivity contribution in [3.63, 3.8) is 0 Å². The summed E-state index contributed by atoms with van der Waals surface area (Å²) in [7, 11) is 0.